The number of nitrogens with one attached hydrogen (secondary N) is 1. The summed E-state index contributed by atoms with van der Waals surface area (Å²) in [5, 5.41) is 13.4. The van der Waals surface area contributed by atoms with Gasteiger partial charge in [0.25, 0.3) is 5.69 Å². The van der Waals surface area contributed by atoms with Crippen molar-refractivity contribution in [3.8, 4) is 0 Å². The molecule has 0 aromatic heterocycles. The molecular formula is C11H14F2N2O3. The van der Waals surface area contributed by atoms with Crippen LogP contribution in [-0.4, -0.2) is 25.2 Å². The van der Waals surface area contributed by atoms with E-state index in [-0.39, 0.29) is 11.6 Å². The molecule has 100 valence electrons. The maximum atomic E-state index is 13.0. The lowest BCUT2D eigenvalue weighted by molar-refractivity contribution is -0.384. The molecule has 0 aliphatic carbocycles. The Hall–Kier alpha value is -1.76. The van der Waals surface area contributed by atoms with Crippen LogP contribution in [0.25, 0.3) is 0 Å². The molecule has 1 atom stereocenters. The highest BCUT2D eigenvalue weighted by molar-refractivity contribution is 5.61. The molecule has 1 unspecified atom stereocenters. The number of nitro benzene ring substituents is 1. The molecule has 0 amide bonds. The third-order valence-electron chi connectivity index (χ3n) is 2.33. The van der Waals surface area contributed by atoms with Gasteiger partial charge in [-0.2, -0.15) is 0 Å². The largest absolute Gasteiger partial charge is 0.384 e. The molecule has 0 aliphatic heterocycles. The highest BCUT2D eigenvalue weighted by Crippen LogP contribution is 2.27. The summed E-state index contributed by atoms with van der Waals surface area (Å²) in [5.74, 6) is -2.28. The summed E-state index contributed by atoms with van der Waals surface area (Å²) >= 11 is 0. The van der Waals surface area contributed by atoms with Gasteiger partial charge in [0.15, 0.2) is 11.6 Å². The maximum Gasteiger partial charge on any atom is 0.295 e. The number of methoxy groups -OCH3 is 1. The van der Waals surface area contributed by atoms with E-state index in [1.807, 2.05) is 6.92 Å². The number of nitro groups is 1. The Kier molecular flexibility index (Phi) is 4.96. The second-order valence-electron chi connectivity index (χ2n) is 3.98. The SMILES string of the molecule is COCC(C)CNc1cc(F)c(F)cc1[N+](=O)[O-]. The zero-order valence-electron chi connectivity index (χ0n) is 10.1. The monoisotopic (exact) mass is 260 g/mol. The van der Waals surface area contributed by atoms with Crippen LogP contribution in [0.4, 0.5) is 20.2 Å². The fourth-order valence-corrected chi connectivity index (χ4v) is 1.46. The van der Waals surface area contributed by atoms with Crippen molar-refractivity contribution in [2.75, 3.05) is 25.6 Å². The molecule has 1 rings (SSSR count). The van der Waals surface area contributed by atoms with Crippen LogP contribution in [0.2, 0.25) is 0 Å². The van der Waals surface area contributed by atoms with Crippen LogP contribution in [-0.2, 0) is 4.74 Å². The third kappa shape index (κ3) is 3.63. The van der Waals surface area contributed by atoms with E-state index in [4.69, 9.17) is 4.74 Å². The van der Waals surface area contributed by atoms with Crippen molar-refractivity contribution < 1.29 is 18.4 Å². The van der Waals surface area contributed by atoms with E-state index in [0.29, 0.717) is 19.2 Å². The van der Waals surface area contributed by atoms with Crippen molar-refractivity contribution in [2.24, 2.45) is 5.92 Å². The van der Waals surface area contributed by atoms with Crippen molar-refractivity contribution in [3.05, 3.63) is 33.9 Å². The lowest BCUT2D eigenvalue weighted by Gasteiger charge is -2.12. The van der Waals surface area contributed by atoms with Gasteiger partial charge in [-0.25, -0.2) is 8.78 Å². The van der Waals surface area contributed by atoms with Crippen LogP contribution in [0.5, 0.6) is 0 Å². The van der Waals surface area contributed by atoms with E-state index >= 15 is 0 Å². The van der Waals surface area contributed by atoms with Crippen LogP contribution < -0.4 is 5.32 Å². The van der Waals surface area contributed by atoms with Gasteiger partial charge in [-0.15, -0.1) is 0 Å². The number of nitrogens with zero attached hydrogens (tertiary/aromatic N) is 1. The number of benzene rings is 1. The fraction of sp³-hybridized carbons (Fsp3) is 0.455. The molecule has 0 aliphatic rings. The lowest BCUT2D eigenvalue weighted by atomic mass is 10.2. The van der Waals surface area contributed by atoms with Crippen LogP contribution in [0.1, 0.15) is 6.92 Å². The number of hydrogen-bond acceptors (Lipinski definition) is 4. The average molecular weight is 260 g/mol. The number of anilines is 1. The summed E-state index contributed by atoms with van der Waals surface area (Å²) < 4.78 is 30.8. The highest BCUT2D eigenvalue weighted by atomic mass is 19.2. The topological polar surface area (TPSA) is 64.4 Å². The minimum Gasteiger partial charge on any atom is -0.384 e. The first-order chi connectivity index (χ1) is 8.45. The van der Waals surface area contributed by atoms with Crippen molar-refractivity contribution in [3.63, 3.8) is 0 Å². The summed E-state index contributed by atoms with van der Waals surface area (Å²) in [6.45, 7) is 2.69. The summed E-state index contributed by atoms with van der Waals surface area (Å²) in [5.41, 5.74) is -0.527. The highest BCUT2D eigenvalue weighted by Gasteiger charge is 2.18. The Labute approximate surface area is 103 Å². The van der Waals surface area contributed by atoms with E-state index in [2.05, 4.69) is 5.32 Å². The summed E-state index contributed by atoms with van der Waals surface area (Å²) in [7, 11) is 1.54. The second kappa shape index (κ2) is 6.25. The third-order valence-corrected chi connectivity index (χ3v) is 2.33. The molecule has 0 saturated carbocycles. The first-order valence-electron chi connectivity index (χ1n) is 5.32. The first kappa shape index (κ1) is 14.3. The molecule has 1 aromatic carbocycles. The van der Waals surface area contributed by atoms with Gasteiger partial charge in [-0.05, 0) is 5.92 Å². The smallest absolute Gasteiger partial charge is 0.295 e. The number of ether oxygens (including phenoxy) is 1. The minimum atomic E-state index is -1.24. The van der Waals surface area contributed by atoms with Crippen molar-refractivity contribution >= 4 is 11.4 Å². The van der Waals surface area contributed by atoms with Crippen molar-refractivity contribution in [2.45, 2.75) is 6.92 Å². The van der Waals surface area contributed by atoms with Crippen LogP contribution in [0.3, 0.4) is 0 Å². The van der Waals surface area contributed by atoms with Gasteiger partial charge in [0, 0.05) is 19.7 Å². The van der Waals surface area contributed by atoms with E-state index in [1.54, 1.807) is 0 Å². The quantitative estimate of drug-likeness (QED) is 0.630. The van der Waals surface area contributed by atoms with Gasteiger partial charge in [0.05, 0.1) is 17.6 Å². The molecule has 0 spiro atoms. The summed E-state index contributed by atoms with van der Waals surface area (Å²) in [4.78, 5) is 9.95. The predicted molar refractivity (Wildman–Crippen MR) is 62.5 cm³/mol. The predicted octanol–water partition coefficient (Wildman–Crippen LogP) is 2.57. The van der Waals surface area contributed by atoms with Gasteiger partial charge in [-0.3, -0.25) is 10.1 Å². The van der Waals surface area contributed by atoms with E-state index in [1.165, 1.54) is 7.11 Å². The molecule has 5 nitrogen and oxygen atoms in total. The van der Waals surface area contributed by atoms with Crippen LogP contribution in [0.15, 0.2) is 12.1 Å². The summed E-state index contributed by atoms with van der Waals surface area (Å²) in [6, 6.07) is 1.35. The van der Waals surface area contributed by atoms with Gasteiger partial charge in [-0.1, -0.05) is 6.92 Å². The van der Waals surface area contributed by atoms with Gasteiger partial charge < -0.3 is 10.1 Å². The average Bonchev–Trinajstić information content (AvgIpc) is 2.30. The Morgan fingerprint density at radius 3 is 2.61 bits per heavy atom. The molecule has 0 saturated heterocycles. The maximum absolute atomic E-state index is 13.0. The van der Waals surface area contributed by atoms with E-state index in [9.17, 15) is 18.9 Å². The molecule has 0 fully saturated rings. The first-order valence-corrected chi connectivity index (χ1v) is 5.32. The Morgan fingerprint density at radius 1 is 1.44 bits per heavy atom. The van der Waals surface area contributed by atoms with E-state index < -0.39 is 22.2 Å². The van der Waals surface area contributed by atoms with Gasteiger partial charge >= 0.3 is 0 Å². The summed E-state index contributed by atoms with van der Waals surface area (Å²) in [6.07, 6.45) is 0. The Morgan fingerprint density at radius 2 is 2.06 bits per heavy atom. The number of halogens is 2. The second-order valence-corrected chi connectivity index (χ2v) is 3.98. The molecule has 0 heterocycles. The zero-order valence-corrected chi connectivity index (χ0v) is 10.1. The van der Waals surface area contributed by atoms with Crippen molar-refractivity contribution in [1.29, 1.82) is 0 Å². The van der Waals surface area contributed by atoms with Gasteiger partial charge in [0.2, 0.25) is 0 Å². The lowest BCUT2D eigenvalue weighted by Crippen LogP contribution is -2.16. The van der Waals surface area contributed by atoms with Crippen LogP contribution >= 0.6 is 0 Å². The molecule has 18 heavy (non-hydrogen) atoms. The molecule has 1 aromatic rings. The minimum absolute atomic E-state index is 0.0400. The number of hydrogen-bond donors (Lipinski definition) is 1. The van der Waals surface area contributed by atoms with Gasteiger partial charge in [0.1, 0.15) is 5.69 Å². The Balaban J connectivity index is 2.86. The normalized spacial score (nSPS) is 12.2. The number of rotatable bonds is 6. The molecule has 1 N–H and O–H groups in total. The molecule has 7 heteroatoms. The standard InChI is InChI=1S/C11H14F2N2O3/c1-7(6-18-2)5-14-10-3-8(12)9(13)4-11(10)15(16)17/h3-4,7,14H,5-6H2,1-2H3. The zero-order chi connectivity index (χ0) is 13.7. The fourth-order valence-electron chi connectivity index (χ4n) is 1.46. The van der Waals surface area contributed by atoms with Crippen LogP contribution in [0, 0.1) is 27.7 Å². The molecular weight excluding hydrogens is 246 g/mol. The van der Waals surface area contributed by atoms with Crippen molar-refractivity contribution in [1.82, 2.24) is 0 Å². The Bertz CT molecular complexity index is 441. The van der Waals surface area contributed by atoms with E-state index in [0.717, 1.165) is 6.07 Å². The molecule has 0 radical (unpaired) electrons. The molecule has 0 bridgehead atoms.